The first-order valence-electron chi connectivity index (χ1n) is 4.15. The molecule has 88 valence electrons. The third-order valence-corrected chi connectivity index (χ3v) is 3.12. The van der Waals surface area contributed by atoms with Crippen molar-refractivity contribution in [3.8, 4) is 0 Å². The molecule has 0 spiro atoms. The predicted octanol–water partition coefficient (Wildman–Crippen LogP) is 2.99. The van der Waals surface area contributed by atoms with Crippen molar-refractivity contribution in [1.82, 2.24) is 4.98 Å². The van der Waals surface area contributed by atoms with Crippen molar-refractivity contribution in [3.05, 3.63) is 26.0 Å². The zero-order valence-corrected chi connectivity index (χ0v) is 11.1. The van der Waals surface area contributed by atoms with Crippen LogP contribution in [0.2, 0.25) is 5.15 Å². The number of pyridine rings is 1. The van der Waals surface area contributed by atoms with Crippen molar-refractivity contribution in [2.75, 3.05) is 7.11 Å². The molecule has 0 unspecified atom stereocenters. The fraction of sp³-hybridized carbons (Fsp3) is 0.333. The molecule has 0 aliphatic carbocycles. The first-order chi connectivity index (χ1) is 7.47. The zero-order valence-electron chi connectivity index (χ0n) is 8.14. The summed E-state index contributed by atoms with van der Waals surface area (Å²) in [5.74, 6) is -0.595. The van der Waals surface area contributed by atoms with Crippen LogP contribution in [-0.2, 0) is 16.0 Å². The number of carbonyl (C=O) groups excluding carboxylic acids is 1. The molecule has 0 N–H and O–H groups in total. The van der Waals surface area contributed by atoms with Crippen LogP contribution in [0.1, 0.15) is 17.6 Å². The minimum atomic E-state index is -2.77. The van der Waals surface area contributed by atoms with Gasteiger partial charge in [0.05, 0.1) is 19.1 Å². The highest BCUT2D eigenvalue weighted by molar-refractivity contribution is 14.1. The standard InChI is InChI=1S/C9H7ClF2INO2/c1-16-6(15)2-4-5(13)3-14-8(10)7(4)9(11)12/h3,9H,2H2,1H3. The van der Waals surface area contributed by atoms with E-state index in [2.05, 4.69) is 9.72 Å². The highest BCUT2D eigenvalue weighted by Crippen LogP contribution is 2.31. The van der Waals surface area contributed by atoms with Crippen LogP contribution in [0.3, 0.4) is 0 Å². The van der Waals surface area contributed by atoms with Crippen LogP contribution >= 0.6 is 34.2 Å². The average Bonchev–Trinajstić information content (AvgIpc) is 2.22. The lowest BCUT2D eigenvalue weighted by atomic mass is 10.1. The molecule has 0 fully saturated rings. The largest absolute Gasteiger partial charge is 0.469 e. The van der Waals surface area contributed by atoms with Gasteiger partial charge in [-0.05, 0) is 28.2 Å². The molecule has 1 aromatic heterocycles. The van der Waals surface area contributed by atoms with Gasteiger partial charge in [-0.3, -0.25) is 4.79 Å². The van der Waals surface area contributed by atoms with Crippen molar-refractivity contribution in [2.45, 2.75) is 12.8 Å². The normalized spacial score (nSPS) is 10.6. The number of halogens is 4. The molecule has 0 atom stereocenters. The number of hydrogen-bond acceptors (Lipinski definition) is 3. The summed E-state index contributed by atoms with van der Waals surface area (Å²) in [6, 6.07) is 0. The van der Waals surface area contributed by atoms with Crippen LogP contribution < -0.4 is 0 Å². The van der Waals surface area contributed by atoms with Gasteiger partial charge in [-0.1, -0.05) is 11.6 Å². The monoisotopic (exact) mass is 361 g/mol. The van der Waals surface area contributed by atoms with Gasteiger partial charge >= 0.3 is 5.97 Å². The minimum Gasteiger partial charge on any atom is -0.469 e. The number of hydrogen-bond donors (Lipinski definition) is 0. The topological polar surface area (TPSA) is 39.2 Å². The SMILES string of the molecule is COC(=O)Cc1c(I)cnc(Cl)c1C(F)F. The number of methoxy groups -OCH3 is 1. The summed E-state index contributed by atoms with van der Waals surface area (Å²) < 4.78 is 30.4. The van der Waals surface area contributed by atoms with Gasteiger partial charge in [-0.2, -0.15) is 0 Å². The molecule has 0 aromatic carbocycles. The van der Waals surface area contributed by atoms with Gasteiger partial charge in [0.2, 0.25) is 0 Å². The van der Waals surface area contributed by atoms with E-state index >= 15 is 0 Å². The van der Waals surface area contributed by atoms with Crippen molar-refractivity contribution in [2.24, 2.45) is 0 Å². The van der Waals surface area contributed by atoms with Crippen LogP contribution in [-0.4, -0.2) is 18.1 Å². The van der Waals surface area contributed by atoms with Gasteiger partial charge in [0.15, 0.2) is 0 Å². The van der Waals surface area contributed by atoms with E-state index in [0.29, 0.717) is 3.57 Å². The highest BCUT2D eigenvalue weighted by Gasteiger charge is 2.22. The van der Waals surface area contributed by atoms with E-state index in [1.165, 1.54) is 13.3 Å². The third-order valence-electron chi connectivity index (χ3n) is 1.89. The molecule has 1 heterocycles. The maximum atomic E-state index is 12.7. The van der Waals surface area contributed by atoms with Crippen LogP contribution in [0.5, 0.6) is 0 Å². The van der Waals surface area contributed by atoms with E-state index < -0.39 is 18.0 Å². The summed E-state index contributed by atoms with van der Waals surface area (Å²) in [5.41, 5.74) is -0.235. The molecule has 16 heavy (non-hydrogen) atoms. The lowest BCUT2D eigenvalue weighted by molar-refractivity contribution is -0.139. The van der Waals surface area contributed by atoms with E-state index in [9.17, 15) is 13.6 Å². The van der Waals surface area contributed by atoms with E-state index in [-0.39, 0.29) is 17.1 Å². The molecule has 0 aliphatic rings. The molecule has 1 aromatic rings. The number of carbonyl (C=O) groups is 1. The maximum absolute atomic E-state index is 12.7. The molecule has 0 amide bonds. The van der Waals surface area contributed by atoms with Crippen LogP contribution in [0.4, 0.5) is 8.78 Å². The minimum absolute atomic E-state index is 0.169. The number of ether oxygens (including phenoxy) is 1. The van der Waals surface area contributed by atoms with Crippen molar-refractivity contribution < 1.29 is 18.3 Å². The van der Waals surface area contributed by atoms with Gasteiger partial charge in [0.1, 0.15) is 5.15 Å². The first kappa shape index (κ1) is 13.6. The summed E-state index contributed by atoms with van der Waals surface area (Å²) in [6.07, 6.45) is -1.67. The Balaban J connectivity index is 3.23. The fourth-order valence-corrected chi connectivity index (χ4v) is 2.00. The Hall–Kier alpha value is -0.500. The molecule has 0 radical (unpaired) electrons. The number of rotatable bonds is 3. The Kier molecular flexibility index (Phi) is 4.85. The van der Waals surface area contributed by atoms with Crippen LogP contribution in [0.25, 0.3) is 0 Å². The second-order valence-electron chi connectivity index (χ2n) is 2.84. The Labute approximate surface area is 109 Å². The van der Waals surface area contributed by atoms with Crippen LogP contribution in [0, 0.1) is 3.57 Å². The Morgan fingerprint density at radius 1 is 1.69 bits per heavy atom. The molecule has 0 bridgehead atoms. The summed E-state index contributed by atoms with van der Waals surface area (Å²) in [7, 11) is 1.19. The van der Waals surface area contributed by atoms with E-state index in [0.717, 1.165) is 0 Å². The van der Waals surface area contributed by atoms with E-state index in [1.807, 2.05) is 22.6 Å². The predicted molar refractivity (Wildman–Crippen MR) is 62.6 cm³/mol. The number of alkyl halides is 2. The average molecular weight is 362 g/mol. The molecule has 7 heteroatoms. The molecule has 1 rings (SSSR count). The van der Waals surface area contributed by atoms with E-state index in [1.54, 1.807) is 0 Å². The van der Waals surface area contributed by atoms with Crippen molar-refractivity contribution in [3.63, 3.8) is 0 Å². The second kappa shape index (κ2) is 5.72. The summed E-state index contributed by atoms with van der Waals surface area (Å²) in [5, 5.41) is -0.283. The van der Waals surface area contributed by atoms with Gasteiger partial charge in [0.25, 0.3) is 6.43 Å². The van der Waals surface area contributed by atoms with Crippen LogP contribution in [0.15, 0.2) is 6.20 Å². The third kappa shape index (κ3) is 3.00. The number of aromatic nitrogens is 1. The van der Waals surface area contributed by atoms with E-state index in [4.69, 9.17) is 11.6 Å². The molecular formula is C9H7ClF2INO2. The zero-order chi connectivity index (χ0) is 12.3. The lowest BCUT2D eigenvalue weighted by Crippen LogP contribution is -2.10. The van der Waals surface area contributed by atoms with Crippen molar-refractivity contribution >= 4 is 40.2 Å². The Morgan fingerprint density at radius 2 is 2.31 bits per heavy atom. The summed E-state index contributed by atoms with van der Waals surface area (Å²) in [6.45, 7) is 0. The maximum Gasteiger partial charge on any atom is 0.310 e. The van der Waals surface area contributed by atoms with Crippen molar-refractivity contribution in [1.29, 1.82) is 0 Å². The Bertz CT molecular complexity index is 415. The molecule has 0 aliphatic heterocycles. The highest BCUT2D eigenvalue weighted by atomic mass is 127. The lowest BCUT2D eigenvalue weighted by Gasteiger charge is -2.11. The summed E-state index contributed by atoms with van der Waals surface area (Å²) >= 11 is 7.40. The number of esters is 1. The first-order valence-corrected chi connectivity index (χ1v) is 5.60. The second-order valence-corrected chi connectivity index (χ2v) is 4.36. The fourth-order valence-electron chi connectivity index (χ4n) is 1.13. The molecule has 0 saturated heterocycles. The number of nitrogens with zero attached hydrogens (tertiary/aromatic N) is 1. The smallest absolute Gasteiger partial charge is 0.310 e. The van der Waals surface area contributed by atoms with Gasteiger partial charge in [-0.15, -0.1) is 0 Å². The summed E-state index contributed by atoms with van der Waals surface area (Å²) in [4.78, 5) is 14.7. The van der Waals surface area contributed by atoms with Gasteiger partial charge in [-0.25, -0.2) is 13.8 Å². The molecule has 0 saturated carbocycles. The van der Waals surface area contributed by atoms with Gasteiger partial charge < -0.3 is 4.74 Å². The van der Waals surface area contributed by atoms with Gasteiger partial charge in [0, 0.05) is 9.77 Å². The Morgan fingerprint density at radius 3 is 2.81 bits per heavy atom. The molecule has 3 nitrogen and oxygen atoms in total. The molecular weight excluding hydrogens is 354 g/mol. The quantitative estimate of drug-likeness (QED) is 0.472.